The summed E-state index contributed by atoms with van der Waals surface area (Å²) in [6.45, 7) is 0.180. The lowest BCUT2D eigenvalue weighted by atomic mass is 9.32. The van der Waals surface area contributed by atoms with Crippen LogP contribution in [0.5, 0.6) is 11.5 Å². The third kappa shape index (κ3) is 5.71. The Kier molecular flexibility index (Phi) is 8.25. The minimum Gasteiger partial charge on any atom is -0.458 e. The molecular weight excluding hydrogens is 796 g/mol. The Hall–Kier alpha value is -6.24. The van der Waals surface area contributed by atoms with Crippen molar-refractivity contribution in [3.63, 3.8) is 0 Å². The predicted molar refractivity (Wildman–Crippen MR) is 260 cm³/mol. The molecule has 0 saturated carbocycles. The van der Waals surface area contributed by atoms with Crippen LogP contribution in [0.2, 0.25) is 0 Å². The predicted octanol–water partition coefficient (Wildman–Crippen LogP) is 11.0. The van der Waals surface area contributed by atoms with Gasteiger partial charge in [0.15, 0.2) is 0 Å². The Morgan fingerprint density at radius 2 is 0.852 bits per heavy atom. The number of nitrogens with zero attached hydrogens (tertiary/aromatic N) is 1. The zero-order valence-corrected chi connectivity index (χ0v) is 35.2. The van der Waals surface area contributed by atoms with Gasteiger partial charge in [-0.1, -0.05) is 185 Å². The highest BCUT2D eigenvalue weighted by Gasteiger charge is 2.44. The maximum absolute atomic E-state index is 6.91. The smallest absolute Gasteiger partial charge is 0.253 e. The normalized spacial score (nSPS) is 13.4. The SMILES string of the molecule is c1ccc(-c2ccccc2-c2cc3c4c(c2)Sc2cc5c(cc2B4c2ccccc2S3)B2c3ccccc3Oc3cc(N(c4ccccc4)c4ccccc4)cc(c32)S5)cc1. The molecule has 0 spiro atoms. The molecule has 0 atom stereocenters. The van der Waals surface area contributed by atoms with E-state index in [1.165, 1.54) is 84.4 Å². The topological polar surface area (TPSA) is 12.5 Å². The molecule has 0 aromatic heterocycles. The molecule has 9 aromatic carbocycles. The number of rotatable bonds is 5. The van der Waals surface area contributed by atoms with E-state index >= 15 is 0 Å². The Balaban J connectivity index is 0.996. The van der Waals surface area contributed by atoms with E-state index in [1.807, 2.05) is 35.3 Å². The van der Waals surface area contributed by atoms with Gasteiger partial charge in [-0.05, 0) is 99.3 Å². The molecule has 4 aliphatic rings. The molecule has 0 aliphatic carbocycles. The molecule has 0 bridgehead atoms. The van der Waals surface area contributed by atoms with Crippen LogP contribution in [0, 0.1) is 0 Å². The molecule has 13 rings (SSSR count). The molecule has 0 radical (unpaired) electrons. The fourth-order valence-electron chi connectivity index (χ4n) is 9.86. The van der Waals surface area contributed by atoms with Crippen LogP contribution in [0.1, 0.15) is 0 Å². The summed E-state index contributed by atoms with van der Waals surface area (Å²) in [6, 6.07) is 73.4. The molecule has 284 valence electrons. The van der Waals surface area contributed by atoms with Crippen molar-refractivity contribution in [3.05, 3.63) is 200 Å². The average Bonchev–Trinajstić information content (AvgIpc) is 3.31. The summed E-state index contributed by atoms with van der Waals surface area (Å²) in [4.78, 5) is 10.2. The van der Waals surface area contributed by atoms with Gasteiger partial charge in [0.05, 0.1) is 5.69 Å². The maximum Gasteiger partial charge on any atom is 0.253 e. The highest BCUT2D eigenvalue weighted by atomic mass is 32.2. The van der Waals surface area contributed by atoms with Gasteiger partial charge >= 0.3 is 0 Å². The molecule has 61 heavy (non-hydrogen) atoms. The van der Waals surface area contributed by atoms with Crippen molar-refractivity contribution in [2.75, 3.05) is 4.90 Å². The number of para-hydroxylation sites is 3. The van der Waals surface area contributed by atoms with E-state index in [-0.39, 0.29) is 13.4 Å². The van der Waals surface area contributed by atoms with E-state index < -0.39 is 0 Å². The molecule has 0 saturated heterocycles. The van der Waals surface area contributed by atoms with Crippen molar-refractivity contribution in [3.8, 4) is 33.8 Å². The van der Waals surface area contributed by atoms with E-state index in [0.29, 0.717) is 0 Å². The van der Waals surface area contributed by atoms with E-state index in [1.54, 1.807) is 0 Å². The van der Waals surface area contributed by atoms with Crippen molar-refractivity contribution < 1.29 is 4.74 Å². The van der Waals surface area contributed by atoms with Crippen molar-refractivity contribution in [1.29, 1.82) is 0 Å². The highest BCUT2D eigenvalue weighted by molar-refractivity contribution is 8.01. The van der Waals surface area contributed by atoms with Gasteiger partial charge in [0.2, 0.25) is 6.71 Å². The number of ether oxygens (including phenoxy) is 1. The lowest BCUT2D eigenvalue weighted by molar-refractivity contribution is 0.486. The summed E-state index contributed by atoms with van der Waals surface area (Å²) in [5, 5.41) is 0. The molecule has 4 heterocycles. The van der Waals surface area contributed by atoms with Crippen LogP contribution < -0.4 is 42.4 Å². The van der Waals surface area contributed by atoms with Crippen LogP contribution in [0.3, 0.4) is 0 Å². The van der Waals surface area contributed by atoms with Crippen LogP contribution in [-0.4, -0.2) is 13.4 Å². The fourth-order valence-corrected chi connectivity index (χ4v) is 13.7. The van der Waals surface area contributed by atoms with Gasteiger partial charge in [0, 0.05) is 46.8 Å². The second-order valence-electron chi connectivity index (χ2n) is 15.9. The average molecular weight is 830 g/mol. The molecule has 2 nitrogen and oxygen atoms in total. The van der Waals surface area contributed by atoms with Gasteiger partial charge in [0.25, 0.3) is 6.71 Å². The molecular formula is C54H33B2NOS3. The second-order valence-corrected chi connectivity index (χ2v) is 19.2. The van der Waals surface area contributed by atoms with Crippen LogP contribution >= 0.6 is 35.3 Å². The van der Waals surface area contributed by atoms with Gasteiger partial charge in [-0.25, -0.2) is 0 Å². The Morgan fingerprint density at radius 3 is 1.54 bits per heavy atom. The van der Waals surface area contributed by atoms with Crippen LogP contribution in [0.4, 0.5) is 17.1 Å². The van der Waals surface area contributed by atoms with E-state index in [2.05, 4.69) is 205 Å². The summed E-state index contributed by atoms with van der Waals surface area (Å²) in [6.07, 6.45) is 0. The molecule has 0 amide bonds. The molecule has 7 heteroatoms. The fraction of sp³-hybridized carbons (Fsp3) is 0. The zero-order chi connectivity index (χ0) is 40.0. The number of benzene rings is 9. The monoisotopic (exact) mass is 829 g/mol. The third-order valence-corrected chi connectivity index (χ3v) is 15.9. The lowest BCUT2D eigenvalue weighted by Gasteiger charge is -2.37. The van der Waals surface area contributed by atoms with Crippen molar-refractivity contribution in [1.82, 2.24) is 0 Å². The maximum atomic E-state index is 6.91. The van der Waals surface area contributed by atoms with Gasteiger partial charge in [-0.15, -0.1) is 0 Å². The van der Waals surface area contributed by atoms with Gasteiger partial charge in [-0.2, -0.15) is 0 Å². The first-order chi connectivity index (χ1) is 30.2. The third-order valence-electron chi connectivity index (χ3n) is 12.5. The van der Waals surface area contributed by atoms with E-state index in [9.17, 15) is 0 Å². The zero-order valence-electron chi connectivity index (χ0n) is 32.8. The minimum atomic E-state index is 0.0448. The van der Waals surface area contributed by atoms with Crippen LogP contribution in [0.25, 0.3) is 22.3 Å². The summed E-state index contributed by atoms with van der Waals surface area (Å²) in [5.74, 6) is 1.85. The van der Waals surface area contributed by atoms with E-state index in [0.717, 1.165) is 28.6 Å². The van der Waals surface area contributed by atoms with Crippen LogP contribution in [-0.2, 0) is 0 Å². The Labute approximate surface area is 369 Å². The molecule has 0 fully saturated rings. The first kappa shape index (κ1) is 35.5. The molecule has 0 unspecified atom stereocenters. The van der Waals surface area contributed by atoms with Crippen molar-refractivity contribution in [2.24, 2.45) is 0 Å². The highest BCUT2D eigenvalue weighted by Crippen LogP contribution is 2.46. The summed E-state index contributed by atoms with van der Waals surface area (Å²) >= 11 is 5.75. The number of anilines is 3. The van der Waals surface area contributed by atoms with Gasteiger partial charge in [-0.3, -0.25) is 0 Å². The Morgan fingerprint density at radius 1 is 0.328 bits per heavy atom. The number of hydrogen-bond acceptors (Lipinski definition) is 5. The quantitative estimate of drug-likeness (QED) is 0.160. The summed E-state index contributed by atoms with van der Waals surface area (Å²) in [5.41, 5.74) is 16.4. The van der Waals surface area contributed by atoms with Crippen molar-refractivity contribution >= 4 is 98.6 Å². The Bertz CT molecular complexity index is 3190. The second kappa shape index (κ2) is 14.2. The number of fused-ring (bicyclic) bond motifs is 8. The lowest BCUT2D eigenvalue weighted by Crippen LogP contribution is -2.62. The van der Waals surface area contributed by atoms with Crippen LogP contribution in [0.15, 0.2) is 230 Å². The van der Waals surface area contributed by atoms with Crippen molar-refractivity contribution in [2.45, 2.75) is 29.4 Å². The van der Waals surface area contributed by atoms with Gasteiger partial charge in [0.1, 0.15) is 11.5 Å². The molecule has 0 N–H and O–H groups in total. The standard InChI is InChI=1S/C54H33B2NOS3/c1-4-16-34(17-5-1)39-22-10-11-23-40(39)35-28-50-54-51(29-35)60-49-33-48-43(32-44(49)56(54)42-25-13-15-27-47(42)59-50)55-41-24-12-14-26-45(41)58-46-30-38(31-52(61-48)53(46)55)57(36-18-6-2-7-19-36)37-20-8-3-9-21-37/h1-33H. The largest absolute Gasteiger partial charge is 0.458 e. The first-order valence-corrected chi connectivity index (χ1v) is 23.2. The van der Waals surface area contributed by atoms with Gasteiger partial charge < -0.3 is 9.64 Å². The molecule has 4 aliphatic heterocycles. The minimum absolute atomic E-state index is 0.0448. The summed E-state index contributed by atoms with van der Waals surface area (Å²) in [7, 11) is 0. The first-order valence-electron chi connectivity index (χ1n) is 20.7. The van der Waals surface area contributed by atoms with E-state index in [4.69, 9.17) is 4.74 Å². The molecule has 9 aromatic rings. The number of hydrogen-bond donors (Lipinski definition) is 0. The summed E-state index contributed by atoms with van der Waals surface area (Å²) < 4.78 is 6.91.